The second-order valence-corrected chi connectivity index (χ2v) is 8.90. The van der Waals surface area contributed by atoms with Crippen LogP contribution >= 0.6 is 27.5 Å². The Morgan fingerprint density at radius 1 is 1.41 bits per heavy atom. The lowest BCUT2D eigenvalue weighted by Gasteiger charge is -2.41. The van der Waals surface area contributed by atoms with Crippen LogP contribution in [0.5, 0.6) is 0 Å². The van der Waals surface area contributed by atoms with Gasteiger partial charge in [0.05, 0.1) is 23.0 Å². The summed E-state index contributed by atoms with van der Waals surface area (Å²) in [5.74, 6) is -0.0900. The molecule has 0 radical (unpaired) electrons. The number of fused-ring (bicyclic) bond motifs is 1. The third-order valence-electron chi connectivity index (χ3n) is 4.45. The molecule has 1 unspecified atom stereocenters. The fourth-order valence-electron chi connectivity index (χ4n) is 3.22. The average molecular weight is 485 g/mol. The SMILES string of the molecule is CC(C)(C)OC(=O)N1CCN(c2nc(Cl)nc3c(F)c(Br)ccc23)C(CC#N)C1. The van der Waals surface area contributed by atoms with E-state index in [9.17, 15) is 14.4 Å². The van der Waals surface area contributed by atoms with E-state index >= 15 is 0 Å². The third kappa shape index (κ3) is 4.70. The minimum atomic E-state index is -0.611. The van der Waals surface area contributed by atoms with Crippen molar-refractivity contribution in [3.63, 3.8) is 0 Å². The first-order valence-corrected chi connectivity index (χ1v) is 10.2. The van der Waals surface area contributed by atoms with Gasteiger partial charge < -0.3 is 14.5 Å². The van der Waals surface area contributed by atoms with Crippen molar-refractivity contribution in [2.75, 3.05) is 24.5 Å². The molecule has 29 heavy (non-hydrogen) atoms. The first kappa shape index (κ1) is 21.5. The summed E-state index contributed by atoms with van der Waals surface area (Å²) in [5, 5.41) is 9.71. The zero-order valence-corrected chi connectivity index (χ0v) is 18.6. The van der Waals surface area contributed by atoms with Crippen molar-refractivity contribution in [3.8, 4) is 6.07 Å². The number of halogens is 3. The Bertz CT molecular complexity index is 991. The van der Waals surface area contributed by atoms with Crippen LogP contribution in [-0.4, -0.2) is 52.2 Å². The molecule has 1 atom stereocenters. The second kappa shape index (κ2) is 8.28. The topological polar surface area (TPSA) is 82.3 Å². The molecule has 154 valence electrons. The maximum Gasteiger partial charge on any atom is 0.410 e. The molecule has 1 aliphatic rings. The van der Waals surface area contributed by atoms with Gasteiger partial charge >= 0.3 is 6.09 Å². The number of hydrogen-bond donors (Lipinski definition) is 0. The number of nitrogens with zero attached hydrogens (tertiary/aromatic N) is 5. The van der Waals surface area contributed by atoms with Crippen LogP contribution in [0.25, 0.3) is 10.9 Å². The molecule has 3 rings (SSSR count). The maximum atomic E-state index is 14.6. The highest BCUT2D eigenvalue weighted by molar-refractivity contribution is 9.10. The molecule has 10 heteroatoms. The number of carbonyl (C=O) groups is 1. The van der Waals surface area contributed by atoms with Gasteiger partial charge in [-0.1, -0.05) is 0 Å². The predicted molar refractivity (Wildman–Crippen MR) is 111 cm³/mol. The summed E-state index contributed by atoms with van der Waals surface area (Å²) in [7, 11) is 0. The van der Waals surface area contributed by atoms with E-state index in [2.05, 4.69) is 32.0 Å². The first-order chi connectivity index (χ1) is 13.6. The summed E-state index contributed by atoms with van der Waals surface area (Å²) in [6.45, 7) is 6.45. The van der Waals surface area contributed by atoms with Crippen LogP contribution in [0.4, 0.5) is 15.0 Å². The largest absolute Gasteiger partial charge is 0.444 e. The number of aromatic nitrogens is 2. The molecule has 0 aliphatic carbocycles. The van der Waals surface area contributed by atoms with Gasteiger partial charge in [-0.2, -0.15) is 10.2 Å². The molecule has 1 aromatic carbocycles. The van der Waals surface area contributed by atoms with Crippen LogP contribution in [0.15, 0.2) is 16.6 Å². The quantitative estimate of drug-likeness (QED) is 0.583. The van der Waals surface area contributed by atoms with E-state index in [0.29, 0.717) is 24.3 Å². The summed E-state index contributed by atoms with van der Waals surface area (Å²) < 4.78 is 20.3. The van der Waals surface area contributed by atoms with Crippen LogP contribution in [0, 0.1) is 17.1 Å². The lowest BCUT2D eigenvalue weighted by molar-refractivity contribution is 0.0215. The van der Waals surface area contributed by atoms with E-state index < -0.39 is 17.5 Å². The van der Waals surface area contributed by atoms with Crippen molar-refractivity contribution in [3.05, 3.63) is 27.7 Å². The molecule has 0 saturated carbocycles. The van der Waals surface area contributed by atoms with Gasteiger partial charge in [-0.15, -0.1) is 0 Å². The molecule has 7 nitrogen and oxygen atoms in total. The van der Waals surface area contributed by atoms with Gasteiger partial charge in [-0.05, 0) is 60.4 Å². The summed E-state index contributed by atoms with van der Waals surface area (Å²) in [6, 6.07) is 5.09. The van der Waals surface area contributed by atoms with Gasteiger partial charge in [0.1, 0.15) is 16.9 Å². The van der Waals surface area contributed by atoms with Crippen LogP contribution in [0.3, 0.4) is 0 Å². The van der Waals surface area contributed by atoms with Crippen LogP contribution < -0.4 is 4.90 Å². The molecule has 1 aliphatic heterocycles. The van der Waals surface area contributed by atoms with Gasteiger partial charge in [0.25, 0.3) is 0 Å². The highest BCUT2D eigenvalue weighted by Gasteiger charge is 2.33. The van der Waals surface area contributed by atoms with Crippen molar-refractivity contribution < 1.29 is 13.9 Å². The lowest BCUT2D eigenvalue weighted by Crippen LogP contribution is -2.56. The normalized spacial score (nSPS) is 17.3. The van der Waals surface area contributed by atoms with Crippen LogP contribution in [-0.2, 0) is 4.74 Å². The molecule has 2 aromatic rings. The number of benzene rings is 1. The Balaban J connectivity index is 1.96. The van der Waals surface area contributed by atoms with Crippen molar-refractivity contribution in [2.45, 2.75) is 38.8 Å². The summed E-state index contributed by atoms with van der Waals surface area (Å²) >= 11 is 9.22. The lowest BCUT2D eigenvalue weighted by atomic mass is 10.1. The zero-order chi connectivity index (χ0) is 21.3. The molecule has 1 aromatic heterocycles. The van der Waals surface area contributed by atoms with E-state index in [4.69, 9.17) is 16.3 Å². The van der Waals surface area contributed by atoms with E-state index in [1.54, 1.807) is 37.8 Å². The smallest absolute Gasteiger partial charge is 0.410 e. The third-order valence-corrected chi connectivity index (χ3v) is 5.23. The molecule has 0 N–H and O–H groups in total. The minimum absolute atomic E-state index is 0.0882. The molecule has 2 heterocycles. The van der Waals surface area contributed by atoms with E-state index in [1.165, 1.54) is 0 Å². The molecular formula is C19H20BrClFN5O2. The second-order valence-electron chi connectivity index (χ2n) is 7.71. The highest BCUT2D eigenvalue weighted by Crippen LogP contribution is 2.33. The summed E-state index contributed by atoms with van der Waals surface area (Å²) in [6.07, 6.45) is -0.276. The van der Waals surface area contributed by atoms with Gasteiger partial charge in [0.15, 0.2) is 5.82 Å². The highest BCUT2D eigenvalue weighted by atomic mass is 79.9. The fraction of sp³-hybridized carbons (Fsp3) is 0.474. The number of hydrogen-bond acceptors (Lipinski definition) is 6. The molecule has 1 saturated heterocycles. The monoisotopic (exact) mass is 483 g/mol. The standard InChI is InChI=1S/C19H20BrClFN5O2/c1-19(2,3)29-18(28)26-8-9-27(11(10-26)6-7-23)16-12-4-5-13(20)14(22)15(12)24-17(21)25-16/h4-5,11H,6,8-10H2,1-3H3. The van der Waals surface area contributed by atoms with Gasteiger partial charge in [-0.25, -0.2) is 14.2 Å². The molecular weight excluding hydrogens is 465 g/mol. The van der Waals surface area contributed by atoms with Gasteiger partial charge in [0, 0.05) is 25.0 Å². The molecule has 0 spiro atoms. The number of anilines is 1. The zero-order valence-electron chi connectivity index (χ0n) is 16.2. The van der Waals surface area contributed by atoms with E-state index in [1.807, 2.05) is 4.90 Å². The maximum absolute atomic E-state index is 14.6. The van der Waals surface area contributed by atoms with Crippen molar-refractivity contribution >= 4 is 50.3 Å². The number of ether oxygens (including phenoxy) is 1. The Morgan fingerprint density at radius 2 is 2.14 bits per heavy atom. The Hall–Kier alpha value is -2.18. The van der Waals surface area contributed by atoms with Gasteiger partial charge in [0.2, 0.25) is 5.28 Å². The Labute approximate surface area is 181 Å². The Morgan fingerprint density at radius 3 is 2.79 bits per heavy atom. The minimum Gasteiger partial charge on any atom is -0.444 e. The first-order valence-electron chi connectivity index (χ1n) is 9.03. The summed E-state index contributed by atoms with van der Waals surface area (Å²) in [4.78, 5) is 24.2. The number of carbonyl (C=O) groups excluding carboxylic acids is 1. The number of piperazine rings is 1. The van der Waals surface area contributed by atoms with E-state index in [0.717, 1.165) is 0 Å². The molecule has 0 bridgehead atoms. The predicted octanol–water partition coefficient (Wildman–Crippen LogP) is 4.52. The van der Waals surface area contributed by atoms with Crippen molar-refractivity contribution in [2.24, 2.45) is 0 Å². The number of amides is 1. The average Bonchev–Trinajstić information content (AvgIpc) is 2.63. The van der Waals surface area contributed by atoms with Crippen molar-refractivity contribution in [1.29, 1.82) is 5.26 Å². The van der Waals surface area contributed by atoms with Crippen molar-refractivity contribution in [1.82, 2.24) is 14.9 Å². The number of nitriles is 1. The molecule has 1 fully saturated rings. The van der Waals surface area contributed by atoms with Gasteiger partial charge in [-0.3, -0.25) is 0 Å². The Kier molecular flexibility index (Phi) is 6.15. The summed E-state index contributed by atoms with van der Waals surface area (Å²) in [5.41, 5.74) is -0.514. The van der Waals surface area contributed by atoms with E-state index in [-0.39, 0.29) is 34.3 Å². The fourth-order valence-corrected chi connectivity index (χ4v) is 3.70. The van der Waals surface area contributed by atoms with Crippen LogP contribution in [0.2, 0.25) is 5.28 Å². The molecule has 1 amide bonds. The number of rotatable bonds is 2. The van der Waals surface area contributed by atoms with Crippen LogP contribution in [0.1, 0.15) is 27.2 Å².